The lowest BCUT2D eigenvalue weighted by molar-refractivity contribution is 0.184. The first kappa shape index (κ1) is 12.0. The Morgan fingerprint density at radius 3 is 2.41 bits per heavy atom. The van der Waals surface area contributed by atoms with E-state index in [4.69, 9.17) is 5.11 Å². The van der Waals surface area contributed by atoms with Crippen molar-refractivity contribution in [2.45, 2.75) is 18.0 Å². The van der Waals surface area contributed by atoms with Gasteiger partial charge in [-0.1, -0.05) is 30.3 Å². The first-order valence-corrected chi connectivity index (χ1v) is 6.66. The Hall–Kier alpha value is -1.43. The lowest BCUT2D eigenvalue weighted by Gasteiger charge is -2.09. The first-order valence-electron chi connectivity index (χ1n) is 5.18. The summed E-state index contributed by atoms with van der Waals surface area (Å²) in [5.41, 5.74) is 0. The quantitative estimate of drug-likeness (QED) is 0.811. The van der Waals surface area contributed by atoms with Gasteiger partial charge in [0.05, 0.1) is 4.90 Å². The summed E-state index contributed by atoms with van der Waals surface area (Å²) in [4.78, 5) is 0.150. The molecule has 5 heteroatoms. The molecule has 0 radical (unpaired) electrons. The number of rotatable bonds is 3. The van der Waals surface area contributed by atoms with Crippen LogP contribution in [0.25, 0.3) is 10.8 Å². The number of sulfonamides is 1. The maximum Gasteiger partial charge on any atom is 0.242 e. The highest BCUT2D eigenvalue weighted by Crippen LogP contribution is 2.18. The molecule has 90 valence electrons. The van der Waals surface area contributed by atoms with Gasteiger partial charge in [0.1, 0.15) is 6.23 Å². The Kier molecular flexibility index (Phi) is 3.15. The average Bonchev–Trinajstić information content (AvgIpc) is 2.26. The number of aliphatic hydroxyl groups is 1. The lowest BCUT2D eigenvalue weighted by atomic mass is 10.1. The lowest BCUT2D eigenvalue weighted by Crippen LogP contribution is -2.32. The molecular formula is C12H13NO3S. The molecule has 1 atom stereocenters. The second-order valence-corrected chi connectivity index (χ2v) is 5.52. The smallest absolute Gasteiger partial charge is 0.242 e. The van der Waals surface area contributed by atoms with Crippen LogP contribution in [0.15, 0.2) is 47.4 Å². The van der Waals surface area contributed by atoms with Gasteiger partial charge in [-0.3, -0.25) is 0 Å². The van der Waals surface area contributed by atoms with Crippen molar-refractivity contribution < 1.29 is 13.5 Å². The predicted molar refractivity (Wildman–Crippen MR) is 66.0 cm³/mol. The highest BCUT2D eigenvalue weighted by Gasteiger charge is 2.15. The zero-order valence-corrected chi connectivity index (χ0v) is 10.1. The fraction of sp³-hybridized carbons (Fsp3) is 0.167. The van der Waals surface area contributed by atoms with E-state index < -0.39 is 16.3 Å². The third kappa shape index (κ3) is 2.63. The number of nitrogens with one attached hydrogen (secondary N) is 1. The Morgan fingerprint density at radius 1 is 1.12 bits per heavy atom. The van der Waals surface area contributed by atoms with E-state index >= 15 is 0 Å². The predicted octanol–water partition coefficient (Wildman–Crippen LogP) is 1.46. The second-order valence-electron chi connectivity index (χ2n) is 3.81. The van der Waals surface area contributed by atoms with E-state index in [0.717, 1.165) is 10.8 Å². The Bertz CT molecular complexity index is 635. The van der Waals surface area contributed by atoms with Crippen LogP contribution in [0.4, 0.5) is 0 Å². The molecule has 17 heavy (non-hydrogen) atoms. The summed E-state index contributed by atoms with van der Waals surface area (Å²) in [5.74, 6) is 0. The van der Waals surface area contributed by atoms with Gasteiger partial charge in [0, 0.05) is 0 Å². The van der Waals surface area contributed by atoms with Crippen molar-refractivity contribution in [3.63, 3.8) is 0 Å². The molecular weight excluding hydrogens is 238 g/mol. The molecule has 0 saturated carbocycles. The van der Waals surface area contributed by atoms with Gasteiger partial charge in [0.2, 0.25) is 10.0 Å². The van der Waals surface area contributed by atoms with E-state index in [-0.39, 0.29) is 4.90 Å². The molecule has 0 aliphatic rings. The standard InChI is InChI=1S/C12H13NO3S/c1-9(14)13-17(15,16)12-7-6-10-4-2-3-5-11(10)8-12/h2-9,13-14H,1H3. The van der Waals surface area contributed by atoms with Crippen LogP contribution in [0.2, 0.25) is 0 Å². The Labute approximate surface area is 99.9 Å². The van der Waals surface area contributed by atoms with Gasteiger partial charge >= 0.3 is 0 Å². The van der Waals surface area contributed by atoms with Gasteiger partial charge in [-0.15, -0.1) is 0 Å². The van der Waals surface area contributed by atoms with Gasteiger partial charge in [0.25, 0.3) is 0 Å². The molecule has 0 spiro atoms. The number of hydrogen-bond acceptors (Lipinski definition) is 3. The summed E-state index contributed by atoms with van der Waals surface area (Å²) in [6, 6.07) is 12.3. The highest BCUT2D eigenvalue weighted by atomic mass is 32.2. The van der Waals surface area contributed by atoms with Crippen molar-refractivity contribution in [3.8, 4) is 0 Å². The Morgan fingerprint density at radius 2 is 1.76 bits per heavy atom. The van der Waals surface area contributed by atoms with Crippen LogP contribution in [0.3, 0.4) is 0 Å². The molecule has 2 rings (SSSR count). The van der Waals surface area contributed by atoms with E-state index in [2.05, 4.69) is 4.72 Å². The van der Waals surface area contributed by atoms with Gasteiger partial charge in [-0.05, 0) is 29.8 Å². The van der Waals surface area contributed by atoms with Crippen LogP contribution in [0.5, 0.6) is 0 Å². The maximum atomic E-state index is 11.8. The minimum atomic E-state index is -3.65. The summed E-state index contributed by atoms with van der Waals surface area (Å²) in [7, 11) is -3.65. The highest BCUT2D eigenvalue weighted by molar-refractivity contribution is 7.89. The fourth-order valence-corrected chi connectivity index (χ4v) is 2.74. The van der Waals surface area contributed by atoms with Crippen molar-refractivity contribution in [2.75, 3.05) is 0 Å². The van der Waals surface area contributed by atoms with Crippen LogP contribution < -0.4 is 4.72 Å². The van der Waals surface area contributed by atoms with E-state index in [9.17, 15) is 8.42 Å². The number of aliphatic hydroxyl groups excluding tert-OH is 1. The van der Waals surface area contributed by atoms with E-state index in [1.54, 1.807) is 12.1 Å². The minimum Gasteiger partial charge on any atom is -0.378 e. The molecule has 1 unspecified atom stereocenters. The van der Waals surface area contributed by atoms with Gasteiger partial charge < -0.3 is 5.11 Å². The zero-order valence-electron chi connectivity index (χ0n) is 9.29. The molecule has 0 heterocycles. The monoisotopic (exact) mass is 251 g/mol. The van der Waals surface area contributed by atoms with Gasteiger partial charge in [-0.2, -0.15) is 4.72 Å². The normalized spacial score (nSPS) is 13.8. The largest absolute Gasteiger partial charge is 0.378 e. The number of hydrogen-bond donors (Lipinski definition) is 2. The molecule has 2 aromatic carbocycles. The zero-order chi connectivity index (χ0) is 12.5. The van der Waals surface area contributed by atoms with Crippen molar-refractivity contribution in [1.82, 2.24) is 4.72 Å². The summed E-state index contributed by atoms with van der Waals surface area (Å²) in [6.07, 6.45) is -1.11. The molecule has 0 aliphatic heterocycles. The average molecular weight is 251 g/mol. The molecule has 0 fully saturated rings. The van der Waals surface area contributed by atoms with Crippen LogP contribution in [0, 0.1) is 0 Å². The van der Waals surface area contributed by atoms with Crippen molar-refractivity contribution >= 4 is 20.8 Å². The molecule has 4 nitrogen and oxygen atoms in total. The van der Waals surface area contributed by atoms with Crippen LogP contribution in [-0.4, -0.2) is 19.8 Å². The fourth-order valence-electron chi connectivity index (χ4n) is 1.63. The topological polar surface area (TPSA) is 66.4 Å². The van der Waals surface area contributed by atoms with Gasteiger partial charge in [-0.25, -0.2) is 8.42 Å². The summed E-state index contributed by atoms with van der Waals surface area (Å²) >= 11 is 0. The number of fused-ring (bicyclic) bond motifs is 1. The first-order chi connectivity index (χ1) is 7.99. The van der Waals surface area contributed by atoms with Crippen LogP contribution >= 0.6 is 0 Å². The van der Waals surface area contributed by atoms with E-state index in [1.807, 2.05) is 24.3 Å². The molecule has 0 amide bonds. The molecule has 2 aromatic rings. The molecule has 0 saturated heterocycles. The van der Waals surface area contributed by atoms with Crippen molar-refractivity contribution in [3.05, 3.63) is 42.5 Å². The second kappa shape index (κ2) is 4.44. The Balaban J connectivity index is 2.50. The maximum absolute atomic E-state index is 11.8. The molecule has 0 bridgehead atoms. The van der Waals surface area contributed by atoms with E-state index in [1.165, 1.54) is 13.0 Å². The SMILES string of the molecule is CC(O)NS(=O)(=O)c1ccc2ccccc2c1. The van der Waals surface area contributed by atoms with Crippen molar-refractivity contribution in [2.24, 2.45) is 0 Å². The van der Waals surface area contributed by atoms with E-state index in [0.29, 0.717) is 0 Å². The number of benzene rings is 2. The van der Waals surface area contributed by atoms with Gasteiger partial charge in [0.15, 0.2) is 0 Å². The molecule has 0 aliphatic carbocycles. The third-order valence-electron chi connectivity index (χ3n) is 2.36. The van der Waals surface area contributed by atoms with Crippen LogP contribution in [-0.2, 0) is 10.0 Å². The van der Waals surface area contributed by atoms with Crippen molar-refractivity contribution in [1.29, 1.82) is 0 Å². The summed E-state index contributed by atoms with van der Waals surface area (Å²) < 4.78 is 25.8. The molecule has 2 N–H and O–H groups in total. The summed E-state index contributed by atoms with van der Waals surface area (Å²) in [6.45, 7) is 1.36. The molecule has 0 aromatic heterocycles. The van der Waals surface area contributed by atoms with Crippen LogP contribution in [0.1, 0.15) is 6.92 Å². The minimum absolute atomic E-state index is 0.150. The third-order valence-corrected chi connectivity index (χ3v) is 3.88. The summed E-state index contributed by atoms with van der Waals surface area (Å²) in [5, 5.41) is 10.9.